The van der Waals surface area contributed by atoms with Crippen LogP contribution in [0.15, 0.2) is 61.1 Å². The van der Waals surface area contributed by atoms with E-state index in [4.69, 9.17) is 21.2 Å². The number of aliphatic hydroxyl groups is 1. The zero-order chi connectivity index (χ0) is 31.6. The number of methoxy groups -OCH3 is 1. The Morgan fingerprint density at radius 1 is 1.27 bits per heavy atom. The smallest absolute Gasteiger partial charge is 0.197 e. The fraction of sp³-hybridized carbons (Fsp3) is 0.233. The number of ether oxygens (including phenoxy) is 1. The van der Waals surface area contributed by atoms with Gasteiger partial charge in [-0.05, 0) is 47.9 Å². The van der Waals surface area contributed by atoms with Crippen molar-refractivity contribution >= 4 is 17.2 Å². The van der Waals surface area contributed by atoms with Crippen LogP contribution in [-0.2, 0) is 6.42 Å². The molecule has 0 radical (unpaired) electrons. The molecule has 2 atom stereocenters. The highest BCUT2D eigenvalue weighted by Gasteiger charge is 2.32. The van der Waals surface area contributed by atoms with Crippen molar-refractivity contribution in [1.29, 1.82) is 0 Å². The first kappa shape index (κ1) is 24.0. The van der Waals surface area contributed by atoms with E-state index in [2.05, 4.69) is 19.8 Å². The molecule has 4 aromatic rings. The number of nitrogens with two attached hydrogens (primary N) is 1. The molecule has 0 unspecified atom stereocenters. The summed E-state index contributed by atoms with van der Waals surface area (Å²) in [6.07, 6.45) is 4.63. The summed E-state index contributed by atoms with van der Waals surface area (Å²) in [7, 11) is -2.97. The first-order chi connectivity index (χ1) is 21.0. The van der Waals surface area contributed by atoms with Gasteiger partial charge in [0.2, 0.25) is 0 Å². The van der Waals surface area contributed by atoms with Gasteiger partial charge in [0.1, 0.15) is 11.4 Å². The molecule has 1 aliphatic heterocycles. The molecule has 3 heterocycles. The molecule has 0 saturated carbocycles. The van der Waals surface area contributed by atoms with Gasteiger partial charge in [0.05, 0.1) is 35.9 Å². The minimum absolute atomic E-state index is 0.132. The lowest BCUT2D eigenvalue weighted by Crippen LogP contribution is -2.33. The summed E-state index contributed by atoms with van der Waals surface area (Å²) in [4.78, 5) is 31.3. The Morgan fingerprint density at radius 2 is 2.12 bits per heavy atom. The Morgan fingerprint density at radius 3 is 2.90 bits per heavy atom. The number of ketones is 1. The molecule has 0 amide bonds. The van der Waals surface area contributed by atoms with Crippen LogP contribution < -0.4 is 15.4 Å². The standard InChI is InChI=1S/C30H26F2N6O3/c1-34-23-7-9-35-14-21(23)17-3-4-18(25(11-17)38-15-19(33)13-20(38)16-39)12-26(40)24-8-10-36-30(37-24)28-27(41-2)6-5-22(31)29(28)32/h3-11,14,19-20,39H,12-13,15-16,33H2,2H3/t19-,20-/m0/s1/i2D3. The molecule has 0 bridgehead atoms. The first-order valence-electron chi connectivity index (χ1n) is 14.1. The molecule has 5 rings (SSSR count). The number of carbonyl (C=O) groups excluding carboxylic acids is 1. The van der Waals surface area contributed by atoms with Crippen molar-refractivity contribution in [3.8, 4) is 28.3 Å². The van der Waals surface area contributed by atoms with Gasteiger partial charge in [-0.3, -0.25) is 9.78 Å². The van der Waals surface area contributed by atoms with Crippen LogP contribution in [0.25, 0.3) is 27.4 Å². The van der Waals surface area contributed by atoms with Gasteiger partial charge in [0, 0.05) is 48.8 Å². The van der Waals surface area contributed by atoms with Crippen LogP contribution in [0.1, 0.15) is 26.6 Å². The summed E-state index contributed by atoms with van der Waals surface area (Å²) in [6, 6.07) is 9.37. The number of Topliss-reactive ketones (excluding diaryl/α,β-unsaturated/α-hetero) is 1. The molecule has 3 N–H and O–H groups in total. The van der Waals surface area contributed by atoms with Crippen LogP contribution in [0.4, 0.5) is 20.2 Å². The number of halogens is 2. The van der Waals surface area contributed by atoms with Crippen molar-refractivity contribution in [3.05, 3.63) is 95.4 Å². The van der Waals surface area contributed by atoms with Gasteiger partial charge in [-0.2, -0.15) is 0 Å². The van der Waals surface area contributed by atoms with Gasteiger partial charge < -0.3 is 20.5 Å². The van der Waals surface area contributed by atoms with Gasteiger partial charge in [0.25, 0.3) is 0 Å². The normalized spacial score (nSPS) is 17.8. The lowest BCUT2D eigenvalue weighted by atomic mass is 9.98. The number of hydrogen-bond acceptors (Lipinski definition) is 8. The zero-order valence-electron chi connectivity index (χ0n) is 24.6. The number of benzene rings is 2. The van der Waals surface area contributed by atoms with Crippen LogP contribution in [0.3, 0.4) is 0 Å². The summed E-state index contributed by atoms with van der Waals surface area (Å²) in [5.41, 5.74) is 8.33. The van der Waals surface area contributed by atoms with E-state index in [1.54, 1.807) is 24.4 Å². The molecule has 11 heteroatoms. The first-order valence-corrected chi connectivity index (χ1v) is 12.6. The van der Waals surface area contributed by atoms with E-state index < -0.39 is 41.6 Å². The Hall–Kier alpha value is -4.79. The highest BCUT2D eigenvalue weighted by molar-refractivity contribution is 5.97. The molecule has 1 fully saturated rings. The van der Waals surface area contributed by atoms with Crippen molar-refractivity contribution in [2.24, 2.45) is 5.73 Å². The minimum atomic E-state index is -2.97. The van der Waals surface area contributed by atoms with Crippen LogP contribution in [0.5, 0.6) is 5.75 Å². The Labute approximate surface area is 239 Å². The molecule has 2 aromatic heterocycles. The second-order valence-electron chi connectivity index (χ2n) is 9.53. The molecule has 1 aliphatic rings. The maximum atomic E-state index is 14.9. The van der Waals surface area contributed by atoms with Gasteiger partial charge in [-0.15, -0.1) is 0 Å². The van der Waals surface area contributed by atoms with Gasteiger partial charge in [-0.25, -0.2) is 23.6 Å². The maximum absolute atomic E-state index is 14.9. The highest BCUT2D eigenvalue weighted by Crippen LogP contribution is 2.37. The second kappa shape index (κ2) is 11.8. The van der Waals surface area contributed by atoms with Crippen molar-refractivity contribution < 1.29 is 27.5 Å². The quantitative estimate of drug-likeness (QED) is 0.241. The number of hydrogen-bond donors (Lipinski definition) is 2. The number of pyridine rings is 1. The van der Waals surface area contributed by atoms with Crippen molar-refractivity contribution in [3.63, 3.8) is 0 Å². The van der Waals surface area contributed by atoms with Crippen molar-refractivity contribution in [1.82, 2.24) is 15.0 Å². The van der Waals surface area contributed by atoms with Crippen LogP contribution in [0, 0.1) is 18.2 Å². The molecular weight excluding hydrogens is 530 g/mol. The molecule has 0 aliphatic carbocycles. The van der Waals surface area contributed by atoms with E-state index in [-0.39, 0.29) is 30.8 Å². The number of anilines is 1. The largest absolute Gasteiger partial charge is 0.496 e. The summed E-state index contributed by atoms with van der Waals surface area (Å²) in [5.74, 6) is -4.15. The molecular formula is C30H26F2N6O3. The van der Waals surface area contributed by atoms with E-state index in [1.165, 1.54) is 18.5 Å². The Kier molecular flexibility index (Phi) is 6.89. The monoisotopic (exact) mass is 559 g/mol. The fourth-order valence-corrected chi connectivity index (χ4v) is 5.00. The van der Waals surface area contributed by atoms with E-state index in [9.17, 15) is 18.7 Å². The molecule has 41 heavy (non-hydrogen) atoms. The van der Waals surface area contributed by atoms with E-state index in [0.717, 1.165) is 12.1 Å². The third-order valence-electron chi connectivity index (χ3n) is 6.96. The predicted molar refractivity (Wildman–Crippen MR) is 149 cm³/mol. The topological polar surface area (TPSA) is 119 Å². The van der Waals surface area contributed by atoms with Gasteiger partial charge in [-0.1, -0.05) is 12.1 Å². The molecule has 2 aromatic carbocycles. The zero-order valence-corrected chi connectivity index (χ0v) is 21.6. The average Bonchev–Trinajstić information content (AvgIpc) is 3.39. The summed E-state index contributed by atoms with van der Waals surface area (Å²) < 4.78 is 56.0. The third-order valence-corrected chi connectivity index (χ3v) is 6.96. The average molecular weight is 560 g/mol. The van der Waals surface area contributed by atoms with E-state index in [0.29, 0.717) is 41.0 Å². The van der Waals surface area contributed by atoms with E-state index >= 15 is 0 Å². The minimum Gasteiger partial charge on any atom is -0.496 e. The number of aromatic nitrogens is 3. The molecule has 0 spiro atoms. The van der Waals surface area contributed by atoms with Crippen LogP contribution in [-0.4, -0.2) is 58.1 Å². The second-order valence-corrected chi connectivity index (χ2v) is 9.53. The fourth-order valence-electron chi connectivity index (χ4n) is 5.00. The number of rotatable bonds is 8. The SMILES string of the molecule is [2H]C([2H])([2H])Oc1ccc(F)c(F)c1-c1nccc(C(=O)Cc2ccc(-c3cnccc3[N+]#[C-])cc2N2C[C@@H](N)C[C@H]2CO)n1. The molecule has 1 saturated heterocycles. The summed E-state index contributed by atoms with van der Waals surface area (Å²) in [6.45, 7) is 7.79. The maximum Gasteiger partial charge on any atom is 0.197 e. The Balaban J connectivity index is 1.54. The number of carbonyl (C=O) groups is 1. The van der Waals surface area contributed by atoms with Crippen LogP contribution in [0.2, 0.25) is 0 Å². The number of aliphatic hydroxyl groups excluding tert-OH is 1. The van der Waals surface area contributed by atoms with Gasteiger partial charge >= 0.3 is 0 Å². The van der Waals surface area contributed by atoms with Crippen molar-refractivity contribution in [2.75, 3.05) is 25.1 Å². The van der Waals surface area contributed by atoms with Crippen LogP contribution >= 0.6 is 0 Å². The van der Waals surface area contributed by atoms with Gasteiger partial charge in [0.15, 0.2) is 28.9 Å². The third kappa shape index (κ3) is 5.48. The molecule has 208 valence electrons. The predicted octanol–water partition coefficient (Wildman–Crippen LogP) is 4.37. The molecule has 9 nitrogen and oxygen atoms in total. The number of nitrogens with zero attached hydrogens (tertiary/aromatic N) is 5. The summed E-state index contributed by atoms with van der Waals surface area (Å²) >= 11 is 0. The highest BCUT2D eigenvalue weighted by atomic mass is 19.2. The van der Waals surface area contributed by atoms with Crippen molar-refractivity contribution in [2.45, 2.75) is 24.9 Å². The lowest BCUT2D eigenvalue weighted by Gasteiger charge is -2.28. The Bertz CT molecular complexity index is 1770. The lowest BCUT2D eigenvalue weighted by molar-refractivity contribution is 0.0988. The van der Waals surface area contributed by atoms with E-state index in [1.807, 2.05) is 11.0 Å². The summed E-state index contributed by atoms with van der Waals surface area (Å²) in [5, 5.41) is 10.1.